The zero-order chi connectivity index (χ0) is 27.3. The van der Waals surface area contributed by atoms with Gasteiger partial charge in [-0.3, -0.25) is 9.78 Å². The summed E-state index contributed by atoms with van der Waals surface area (Å²) in [5, 5.41) is 0. The van der Waals surface area contributed by atoms with Crippen molar-refractivity contribution in [1.82, 2.24) is 4.98 Å². The highest BCUT2D eigenvalue weighted by Gasteiger charge is 2.52. The maximum atomic E-state index is 13.5. The van der Waals surface area contributed by atoms with E-state index in [9.17, 15) is 18.4 Å². The van der Waals surface area contributed by atoms with Crippen LogP contribution in [0.25, 0.3) is 11.3 Å². The second-order valence-electron chi connectivity index (χ2n) is 10.8. The molecule has 0 bridgehead atoms. The van der Waals surface area contributed by atoms with Gasteiger partial charge in [0, 0.05) is 17.7 Å². The third-order valence-corrected chi connectivity index (χ3v) is 6.79. The lowest BCUT2D eigenvalue weighted by Gasteiger charge is -2.19. The molecule has 1 saturated carbocycles. The van der Waals surface area contributed by atoms with Crippen LogP contribution in [0.5, 0.6) is 11.5 Å². The highest BCUT2D eigenvalue weighted by atomic mass is 19.3. The van der Waals surface area contributed by atoms with E-state index in [2.05, 4.69) is 9.47 Å². The summed E-state index contributed by atoms with van der Waals surface area (Å²) in [7, 11) is 0. The van der Waals surface area contributed by atoms with E-state index in [4.69, 9.17) is 9.72 Å². The van der Waals surface area contributed by atoms with Gasteiger partial charge >= 0.3 is 12.3 Å². The number of esters is 1. The van der Waals surface area contributed by atoms with Gasteiger partial charge in [0.1, 0.15) is 11.4 Å². The first-order chi connectivity index (χ1) is 17.9. The number of fused-ring (bicyclic) bond motifs is 1. The van der Waals surface area contributed by atoms with Crippen LogP contribution in [0, 0.1) is 0 Å². The zero-order valence-corrected chi connectivity index (χ0v) is 21.8. The average Bonchev–Trinajstić information content (AvgIpc) is 3.60. The minimum Gasteiger partial charge on any atom is -0.456 e. The second kappa shape index (κ2) is 9.19. The van der Waals surface area contributed by atoms with Gasteiger partial charge in [-0.2, -0.15) is 0 Å². The highest BCUT2D eigenvalue weighted by molar-refractivity contribution is 5.94. The molecular formula is C30H29F2NO5. The Morgan fingerprint density at radius 3 is 2.29 bits per heavy atom. The molecule has 8 heteroatoms. The molecule has 2 heterocycles. The van der Waals surface area contributed by atoms with E-state index in [1.807, 2.05) is 52.0 Å². The highest BCUT2D eigenvalue weighted by Crippen LogP contribution is 2.52. The number of hydrogen-bond acceptors (Lipinski definition) is 6. The Hall–Kier alpha value is -3.81. The van der Waals surface area contributed by atoms with E-state index in [-0.39, 0.29) is 23.7 Å². The molecule has 2 aliphatic rings. The van der Waals surface area contributed by atoms with Gasteiger partial charge in [-0.1, -0.05) is 31.2 Å². The van der Waals surface area contributed by atoms with Crippen LogP contribution in [0.3, 0.4) is 0 Å². The first kappa shape index (κ1) is 25.8. The number of Topliss-reactive ketones (excluding diaryl/α,β-unsaturated/α-hetero) is 1. The van der Waals surface area contributed by atoms with Gasteiger partial charge in [0.15, 0.2) is 11.5 Å². The van der Waals surface area contributed by atoms with Crippen molar-refractivity contribution in [2.75, 3.05) is 0 Å². The molecule has 5 rings (SSSR count). The van der Waals surface area contributed by atoms with Gasteiger partial charge in [0.25, 0.3) is 0 Å². The molecule has 1 aliphatic heterocycles. The Kier molecular flexibility index (Phi) is 6.24. The van der Waals surface area contributed by atoms with Crippen LogP contribution < -0.4 is 9.47 Å². The van der Waals surface area contributed by atoms with Crippen LogP contribution in [-0.4, -0.2) is 28.6 Å². The summed E-state index contributed by atoms with van der Waals surface area (Å²) in [6.07, 6.45) is -1.58. The minimum atomic E-state index is -3.70. The smallest absolute Gasteiger partial charge is 0.456 e. The first-order valence-electron chi connectivity index (χ1n) is 12.7. The number of benzene rings is 2. The molecule has 38 heavy (non-hydrogen) atoms. The van der Waals surface area contributed by atoms with E-state index in [0.717, 1.165) is 23.2 Å². The van der Waals surface area contributed by atoms with Crippen LogP contribution in [-0.2, 0) is 27.8 Å². The Bertz CT molecular complexity index is 1410. The van der Waals surface area contributed by atoms with Gasteiger partial charge in [0.05, 0.1) is 16.7 Å². The molecule has 0 unspecified atom stereocenters. The van der Waals surface area contributed by atoms with Crippen molar-refractivity contribution in [1.29, 1.82) is 0 Å². The minimum absolute atomic E-state index is 0.0221. The van der Waals surface area contributed by atoms with Gasteiger partial charge in [-0.05, 0) is 81.5 Å². The second-order valence-corrected chi connectivity index (χ2v) is 10.8. The quantitative estimate of drug-likeness (QED) is 0.334. The molecule has 3 aromatic rings. The van der Waals surface area contributed by atoms with E-state index in [0.29, 0.717) is 29.7 Å². The topological polar surface area (TPSA) is 74.7 Å². The number of aryl methyl sites for hydroxylation is 1. The maximum Gasteiger partial charge on any atom is 0.586 e. The average molecular weight is 522 g/mol. The maximum absolute atomic E-state index is 13.5. The van der Waals surface area contributed by atoms with Crippen molar-refractivity contribution in [2.24, 2.45) is 0 Å². The van der Waals surface area contributed by atoms with Crippen molar-refractivity contribution in [2.45, 2.75) is 70.7 Å². The van der Waals surface area contributed by atoms with Crippen LogP contribution in [0.2, 0.25) is 0 Å². The molecule has 2 aromatic carbocycles. The summed E-state index contributed by atoms with van der Waals surface area (Å²) in [4.78, 5) is 30.7. The zero-order valence-electron chi connectivity index (χ0n) is 21.8. The number of alkyl halides is 2. The Labute approximate surface area is 219 Å². The SMILES string of the molecule is CCc1ccc(CC(=O)C2(c3ccc4c(c3)OC(F)(F)O4)CC2)nc1-c1ccc(C(=O)OC(C)(C)C)cc1. The molecule has 1 aromatic heterocycles. The van der Waals surface area contributed by atoms with E-state index in [1.165, 1.54) is 12.1 Å². The molecule has 0 spiro atoms. The van der Waals surface area contributed by atoms with Crippen molar-refractivity contribution in [3.05, 3.63) is 77.0 Å². The fourth-order valence-electron chi connectivity index (χ4n) is 4.70. The van der Waals surface area contributed by atoms with Gasteiger partial charge in [-0.25, -0.2) is 4.79 Å². The number of nitrogens with zero attached hydrogens (tertiary/aromatic N) is 1. The molecule has 0 amide bonds. The lowest BCUT2D eigenvalue weighted by atomic mass is 9.88. The number of carbonyl (C=O) groups is 2. The fourth-order valence-corrected chi connectivity index (χ4v) is 4.70. The number of rotatable bonds is 7. The Morgan fingerprint density at radius 1 is 0.974 bits per heavy atom. The summed E-state index contributed by atoms with van der Waals surface area (Å²) >= 11 is 0. The van der Waals surface area contributed by atoms with Gasteiger partial charge in [-0.15, -0.1) is 8.78 Å². The summed E-state index contributed by atoms with van der Waals surface area (Å²) in [6, 6.07) is 15.5. The fraction of sp³-hybridized carbons (Fsp3) is 0.367. The Balaban J connectivity index is 1.36. The number of pyridine rings is 1. The molecule has 0 atom stereocenters. The molecule has 198 valence electrons. The number of hydrogen-bond donors (Lipinski definition) is 0. The van der Waals surface area contributed by atoms with E-state index in [1.54, 1.807) is 18.2 Å². The summed E-state index contributed by atoms with van der Waals surface area (Å²) in [5.41, 5.74) is 3.00. The van der Waals surface area contributed by atoms with Crippen LogP contribution in [0.4, 0.5) is 8.78 Å². The van der Waals surface area contributed by atoms with Crippen molar-refractivity contribution < 1.29 is 32.6 Å². The third-order valence-electron chi connectivity index (χ3n) is 6.79. The third kappa shape index (κ3) is 5.12. The molecule has 6 nitrogen and oxygen atoms in total. The largest absolute Gasteiger partial charge is 0.586 e. The number of halogens is 2. The molecule has 1 fully saturated rings. The molecule has 0 saturated heterocycles. The predicted molar refractivity (Wildman–Crippen MR) is 136 cm³/mol. The first-order valence-corrected chi connectivity index (χ1v) is 12.7. The number of aromatic nitrogens is 1. The van der Waals surface area contributed by atoms with E-state index < -0.39 is 23.3 Å². The number of ketones is 1. The number of ether oxygens (including phenoxy) is 3. The van der Waals surface area contributed by atoms with Crippen LogP contribution in [0.1, 0.15) is 67.7 Å². The molecular weight excluding hydrogens is 492 g/mol. The summed E-state index contributed by atoms with van der Waals surface area (Å²) in [5.74, 6) is -0.518. The normalized spacial score (nSPS) is 16.7. The Morgan fingerprint density at radius 2 is 1.66 bits per heavy atom. The molecule has 0 N–H and O–H groups in total. The van der Waals surface area contributed by atoms with Crippen molar-refractivity contribution in [3.63, 3.8) is 0 Å². The van der Waals surface area contributed by atoms with Gasteiger partial charge < -0.3 is 14.2 Å². The van der Waals surface area contributed by atoms with Crippen molar-refractivity contribution >= 4 is 11.8 Å². The molecule has 0 radical (unpaired) electrons. The van der Waals surface area contributed by atoms with Crippen LogP contribution in [0.15, 0.2) is 54.6 Å². The standard InChI is InChI=1S/C30H29F2NO5/c1-5-18-10-12-22(33-26(18)19-6-8-20(9-7-19)27(35)38-28(2,3)4)17-25(34)29(14-15-29)21-11-13-23-24(16-21)37-30(31,32)36-23/h6-13,16H,5,14-15,17H2,1-4H3. The monoisotopic (exact) mass is 521 g/mol. The van der Waals surface area contributed by atoms with E-state index >= 15 is 0 Å². The summed E-state index contributed by atoms with van der Waals surface area (Å²) < 4.78 is 41.4. The van der Waals surface area contributed by atoms with Crippen molar-refractivity contribution in [3.8, 4) is 22.8 Å². The lowest BCUT2D eigenvalue weighted by Crippen LogP contribution is -2.26. The predicted octanol–water partition coefficient (Wildman–Crippen LogP) is 6.43. The van der Waals surface area contributed by atoms with Crippen LogP contribution >= 0.6 is 0 Å². The molecule has 1 aliphatic carbocycles. The van der Waals surface area contributed by atoms with Gasteiger partial charge in [0.2, 0.25) is 0 Å². The lowest BCUT2D eigenvalue weighted by molar-refractivity contribution is -0.286. The number of carbonyl (C=O) groups excluding carboxylic acids is 2. The summed E-state index contributed by atoms with van der Waals surface area (Å²) in [6.45, 7) is 7.49.